The van der Waals surface area contributed by atoms with Crippen LogP contribution in [0.1, 0.15) is 11.8 Å². The van der Waals surface area contributed by atoms with Gasteiger partial charge in [0.1, 0.15) is 11.8 Å². The van der Waals surface area contributed by atoms with Crippen LogP contribution in [0.25, 0.3) is 0 Å². The van der Waals surface area contributed by atoms with E-state index in [9.17, 15) is 0 Å². The smallest absolute Gasteiger partial charge is 0.130 e. The Morgan fingerprint density at radius 3 is 2.53 bits per heavy atom. The largest absolute Gasteiger partial charge is 0.467 e. The van der Waals surface area contributed by atoms with Gasteiger partial charge in [0, 0.05) is 5.69 Å². The molecule has 86 valence electrons. The highest BCUT2D eigenvalue weighted by atomic mass is 16.3. The van der Waals surface area contributed by atoms with Gasteiger partial charge >= 0.3 is 0 Å². The third-order valence-corrected chi connectivity index (χ3v) is 2.55. The third kappa shape index (κ3) is 2.67. The van der Waals surface area contributed by atoms with Crippen LogP contribution in [-0.2, 0) is 0 Å². The molecule has 0 fully saturated rings. The van der Waals surface area contributed by atoms with Gasteiger partial charge in [0.25, 0.3) is 0 Å². The van der Waals surface area contributed by atoms with Crippen LogP contribution in [0.3, 0.4) is 0 Å². The summed E-state index contributed by atoms with van der Waals surface area (Å²) in [5.41, 5.74) is 1.90. The molecular weight excluding hydrogens is 210 g/mol. The number of benzene rings is 1. The van der Waals surface area contributed by atoms with Crippen molar-refractivity contribution in [3.05, 3.63) is 79.3 Å². The molecule has 2 aromatic rings. The van der Waals surface area contributed by atoms with Crippen LogP contribution in [0.5, 0.6) is 0 Å². The predicted octanol–water partition coefficient (Wildman–Crippen LogP) is 4.18. The Balaban J connectivity index is 2.23. The Labute approximate surface area is 101 Å². The molecule has 0 bridgehead atoms. The summed E-state index contributed by atoms with van der Waals surface area (Å²) < 4.78 is 5.42. The second-order valence-electron chi connectivity index (χ2n) is 3.74. The molecule has 0 saturated carbocycles. The molecule has 0 saturated heterocycles. The molecule has 0 aliphatic heterocycles. The van der Waals surface area contributed by atoms with E-state index < -0.39 is 0 Å². The highest BCUT2D eigenvalue weighted by Crippen LogP contribution is 2.26. The number of furan rings is 1. The van der Waals surface area contributed by atoms with Crippen molar-refractivity contribution in [3.8, 4) is 0 Å². The summed E-state index contributed by atoms with van der Waals surface area (Å²) in [4.78, 5) is 0. The van der Waals surface area contributed by atoms with Crippen LogP contribution in [0.2, 0.25) is 0 Å². The molecule has 1 atom stereocenters. The molecule has 0 amide bonds. The van der Waals surface area contributed by atoms with Gasteiger partial charge in [-0.25, -0.2) is 0 Å². The van der Waals surface area contributed by atoms with Gasteiger partial charge in [-0.15, -0.1) is 0 Å². The van der Waals surface area contributed by atoms with E-state index in [1.165, 1.54) is 0 Å². The predicted molar refractivity (Wildman–Crippen MR) is 70.9 cm³/mol. The van der Waals surface area contributed by atoms with E-state index in [1.807, 2.05) is 42.5 Å². The Morgan fingerprint density at radius 1 is 1.18 bits per heavy atom. The Morgan fingerprint density at radius 2 is 1.94 bits per heavy atom. The molecule has 0 aliphatic carbocycles. The van der Waals surface area contributed by atoms with Gasteiger partial charge in [-0.1, -0.05) is 37.4 Å². The zero-order valence-electron chi connectivity index (χ0n) is 9.60. The first-order valence-electron chi connectivity index (χ1n) is 5.47. The first-order valence-corrected chi connectivity index (χ1v) is 5.47. The van der Waals surface area contributed by atoms with E-state index in [0.29, 0.717) is 0 Å². The second kappa shape index (κ2) is 5.21. The lowest BCUT2D eigenvalue weighted by Crippen LogP contribution is -2.11. The normalized spacial score (nSPS) is 11.8. The minimum absolute atomic E-state index is 0.0788. The van der Waals surface area contributed by atoms with Crippen LogP contribution in [-0.4, -0.2) is 0 Å². The monoisotopic (exact) mass is 225 g/mol. The Bertz CT molecular complexity index is 485. The van der Waals surface area contributed by atoms with E-state index in [0.717, 1.165) is 17.0 Å². The van der Waals surface area contributed by atoms with Crippen molar-refractivity contribution >= 4 is 5.69 Å². The number of hydrogen-bond donors (Lipinski definition) is 1. The zero-order chi connectivity index (χ0) is 12.1. The number of anilines is 1. The molecule has 0 aliphatic rings. The van der Waals surface area contributed by atoms with Crippen molar-refractivity contribution in [2.75, 3.05) is 5.32 Å². The third-order valence-electron chi connectivity index (χ3n) is 2.55. The zero-order valence-corrected chi connectivity index (χ0v) is 9.60. The summed E-state index contributed by atoms with van der Waals surface area (Å²) in [6.07, 6.45) is 3.40. The number of para-hydroxylation sites is 1. The van der Waals surface area contributed by atoms with Gasteiger partial charge in [0.15, 0.2) is 0 Å². The van der Waals surface area contributed by atoms with Gasteiger partial charge in [-0.2, -0.15) is 0 Å². The Kier molecular flexibility index (Phi) is 3.46. The number of hydrogen-bond acceptors (Lipinski definition) is 2. The van der Waals surface area contributed by atoms with E-state index in [4.69, 9.17) is 4.42 Å². The fraction of sp³-hybridized carbons (Fsp3) is 0.0667. The average Bonchev–Trinajstić information content (AvgIpc) is 2.90. The van der Waals surface area contributed by atoms with E-state index in [2.05, 4.69) is 18.5 Å². The van der Waals surface area contributed by atoms with E-state index in [-0.39, 0.29) is 6.04 Å². The molecule has 1 aromatic heterocycles. The Hall–Kier alpha value is -2.22. The van der Waals surface area contributed by atoms with Crippen molar-refractivity contribution in [1.29, 1.82) is 0 Å². The fourth-order valence-electron chi connectivity index (χ4n) is 1.62. The first-order chi connectivity index (χ1) is 8.31. The van der Waals surface area contributed by atoms with Crippen LogP contribution < -0.4 is 5.32 Å². The van der Waals surface area contributed by atoms with Crippen molar-refractivity contribution in [3.63, 3.8) is 0 Å². The van der Waals surface area contributed by atoms with E-state index in [1.54, 1.807) is 12.3 Å². The SMILES string of the molecule is C=CC(=C)C(Nc1ccccc1)c1ccco1. The standard InChI is InChI=1S/C15H15NO/c1-3-12(2)15(14-10-7-11-17-14)16-13-8-5-4-6-9-13/h3-11,15-16H,1-2H2. The van der Waals surface area contributed by atoms with Crippen molar-refractivity contribution in [2.24, 2.45) is 0 Å². The maximum Gasteiger partial charge on any atom is 0.130 e. The summed E-state index contributed by atoms with van der Waals surface area (Å²) in [6.45, 7) is 7.74. The molecule has 2 rings (SSSR count). The topological polar surface area (TPSA) is 25.2 Å². The van der Waals surface area contributed by atoms with Gasteiger partial charge in [-0.05, 0) is 29.8 Å². The van der Waals surface area contributed by atoms with Gasteiger partial charge in [0.05, 0.1) is 6.26 Å². The molecule has 1 N–H and O–H groups in total. The lowest BCUT2D eigenvalue weighted by Gasteiger charge is -2.18. The minimum Gasteiger partial charge on any atom is -0.467 e. The summed E-state index contributed by atoms with van der Waals surface area (Å²) in [5.74, 6) is 0.832. The number of rotatable bonds is 5. The molecule has 17 heavy (non-hydrogen) atoms. The van der Waals surface area contributed by atoms with Crippen LogP contribution in [0.15, 0.2) is 78.0 Å². The van der Waals surface area contributed by atoms with Crippen LogP contribution in [0, 0.1) is 0 Å². The first kappa shape index (κ1) is 11.3. The number of nitrogens with one attached hydrogen (secondary N) is 1. The summed E-state index contributed by atoms with van der Waals surface area (Å²) in [7, 11) is 0. The second-order valence-corrected chi connectivity index (χ2v) is 3.74. The molecule has 1 heterocycles. The maximum absolute atomic E-state index is 5.42. The lowest BCUT2D eigenvalue weighted by atomic mass is 10.1. The molecule has 2 heteroatoms. The van der Waals surface area contributed by atoms with Crippen molar-refractivity contribution in [1.82, 2.24) is 0 Å². The highest BCUT2D eigenvalue weighted by molar-refractivity contribution is 5.47. The molecule has 2 nitrogen and oxygen atoms in total. The summed E-state index contributed by atoms with van der Waals surface area (Å²) >= 11 is 0. The average molecular weight is 225 g/mol. The van der Waals surface area contributed by atoms with Gasteiger partial charge < -0.3 is 9.73 Å². The molecule has 1 unspecified atom stereocenters. The quantitative estimate of drug-likeness (QED) is 0.772. The molecule has 0 spiro atoms. The highest BCUT2D eigenvalue weighted by Gasteiger charge is 2.15. The lowest BCUT2D eigenvalue weighted by molar-refractivity contribution is 0.499. The minimum atomic E-state index is -0.0788. The summed E-state index contributed by atoms with van der Waals surface area (Å²) in [6, 6.07) is 13.7. The van der Waals surface area contributed by atoms with Crippen molar-refractivity contribution in [2.45, 2.75) is 6.04 Å². The van der Waals surface area contributed by atoms with Gasteiger partial charge in [-0.3, -0.25) is 0 Å². The molecule has 1 aromatic carbocycles. The van der Waals surface area contributed by atoms with Crippen molar-refractivity contribution < 1.29 is 4.42 Å². The maximum atomic E-state index is 5.42. The fourth-order valence-corrected chi connectivity index (χ4v) is 1.62. The molecule has 0 radical (unpaired) electrons. The van der Waals surface area contributed by atoms with E-state index >= 15 is 0 Å². The summed E-state index contributed by atoms with van der Waals surface area (Å²) in [5, 5.41) is 3.37. The van der Waals surface area contributed by atoms with Gasteiger partial charge in [0.2, 0.25) is 0 Å². The van der Waals surface area contributed by atoms with Crippen LogP contribution in [0.4, 0.5) is 5.69 Å². The molecular formula is C15H15NO. The van der Waals surface area contributed by atoms with Crippen LogP contribution >= 0.6 is 0 Å².